The molecule has 0 fully saturated rings. The van der Waals surface area contributed by atoms with E-state index < -0.39 is 28.2 Å². The number of halogens is 1. The van der Waals surface area contributed by atoms with E-state index in [0.29, 0.717) is 22.6 Å². The fourth-order valence-electron chi connectivity index (χ4n) is 2.80. The number of phenols is 2. The molecule has 0 aliphatic carbocycles. The fourth-order valence-corrected chi connectivity index (χ4v) is 2.92. The zero-order chi connectivity index (χ0) is 16.7. The lowest BCUT2D eigenvalue weighted by molar-refractivity contribution is -0.386. The third kappa shape index (κ3) is 2.35. The van der Waals surface area contributed by atoms with Crippen molar-refractivity contribution in [3.63, 3.8) is 0 Å². The van der Waals surface area contributed by atoms with Gasteiger partial charge in [-0.3, -0.25) is 10.1 Å². The second-order valence-corrected chi connectivity index (χ2v) is 5.54. The Kier molecular flexibility index (Phi) is 3.57. The summed E-state index contributed by atoms with van der Waals surface area (Å²) in [6.07, 6.45) is 0.640. The normalized spacial score (nSPS) is 16.2. The molecule has 2 aromatic carbocycles. The highest BCUT2D eigenvalue weighted by Crippen LogP contribution is 2.48. The van der Waals surface area contributed by atoms with Crippen molar-refractivity contribution in [3.05, 3.63) is 56.6 Å². The number of carbonyl (C=O) groups is 1. The van der Waals surface area contributed by atoms with Gasteiger partial charge in [-0.25, -0.2) is 0 Å². The van der Waals surface area contributed by atoms with Crippen LogP contribution in [-0.4, -0.2) is 21.4 Å². The van der Waals surface area contributed by atoms with Crippen LogP contribution in [0.25, 0.3) is 0 Å². The maximum atomic E-state index is 11.5. The van der Waals surface area contributed by atoms with Gasteiger partial charge in [0.2, 0.25) is 5.75 Å². The second-order valence-electron chi connectivity index (χ2n) is 5.10. The zero-order valence-corrected chi connectivity index (χ0v) is 12.4. The molecule has 1 aliphatic rings. The Morgan fingerprint density at radius 3 is 2.52 bits per heavy atom. The van der Waals surface area contributed by atoms with Gasteiger partial charge in [0.15, 0.2) is 5.75 Å². The number of nitro groups is 1. The number of nitrogens with zero attached hydrogens (tertiary/aromatic N) is 2. The number of nitro benzene ring substituents is 1. The summed E-state index contributed by atoms with van der Waals surface area (Å²) in [5.74, 6) is -1.42. The van der Waals surface area contributed by atoms with Crippen molar-refractivity contribution in [2.24, 2.45) is 0 Å². The molecule has 0 aromatic heterocycles. The number of phenolic OH excluding ortho intramolecular Hbond substituents is 2. The maximum Gasteiger partial charge on any atom is 0.319 e. The number of fused-ring (bicyclic) bond motifs is 1. The molecular formula is C15H11ClN2O5. The molecule has 8 heteroatoms. The van der Waals surface area contributed by atoms with Gasteiger partial charge in [-0.2, -0.15) is 0 Å². The minimum atomic E-state index is -0.795. The summed E-state index contributed by atoms with van der Waals surface area (Å²) in [4.78, 5) is 23.6. The maximum absolute atomic E-state index is 11.5. The molecule has 1 atom stereocenters. The Labute approximate surface area is 135 Å². The van der Waals surface area contributed by atoms with Gasteiger partial charge < -0.3 is 19.9 Å². The average molecular weight is 335 g/mol. The highest BCUT2D eigenvalue weighted by Gasteiger charge is 2.38. The fraction of sp³-hybridized carbons (Fsp3) is 0.133. The van der Waals surface area contributed by atoms with Gasteiger partial charge in [0, 0.05) is 10.7 Å². The molecule has 1 unspecified atom stereocenters. The molecular weight excluding hydrogens is 324 g/mol. The van der Waals surface area contributed by atoms with E-state index in [2.05, 4.69) is 0 Å². The van der Waals surface area contributed by atoms with Crippen molar-refractivity contribution in [3.8, 4) is 11.5 Å². The van der Waals surface area contributed by atoms with Crippen molar-refractivity contribution in [1.29, 1.82) is 0 Å². The Balaban J connectivity index is 2.16. The number of aldehydes is 1. The van der Waals surface area contributed by atoms with Gasteiger partial charge in [0.05, 0.1) is 17.0 Å². The Morgan fingerprint density at radius 2 is 1.96 bits per heavy atom. The van der Waals surface area contributed by atoms with Crippen LogP contribution in [0.5, 0.6) is 11.5 Å². The molecule has 7 nitrogen and oxygen atoms in total. The summed E-state index contributed by atoms with van der Waals surface area (Å²) < 4.78 is 0. The van der Waals surface area contributed by atoms with Crippen molar-refractivity contribution in [2.75, 3.05) is 4.90 Å². The Hall–Kier alpha value is -2.80. The molecule has 2 N–H and O–H groups in total. The van der Waals surface area contributed by atoms with Gasteiger partial charge >= 0.3 is 5.69 Å². The molecule has 0 saturated heterocycles. The first kappa shape index (κ1) is 15.1. The first-order valence-corrected chi connectivity index (χ1v) is 7.01. The lowest BCUT2D eigenvalue weighted by Gasteiger charge is -2.23. The summed E-state index contributed by atoms with van der Waals surface area (Å²) in [6, 6.07) is 7.06. The molecule has 0 spiro atoms. The van der Waals surface area contributed by atoms with Crippen LogP contribution < -0.4 is 4.90 Å². The van der Waals surface area contributed by atoms with E-state index in [1.54, 1.807) is 29.2 Å². The van der Waals surface area contributed by atoms with E-state index in [1.807, 2.05) is 0 Å². The molecule has 23 heavy (non-hydrogen) atoms. The van der Waals surface area contributed by atoms with Crippen LogP contribution in [0.2, 0.25) is 5.02 Å². The molecule has 2 aromatic rings. The van der Waals surface area contributed by atoms with Crippen molar-refractivity contribution < 1.29 is 19.9 Å². The van der Waals surface area contributed by atoms with E-state index in [0.717, 1.165) is 0 Å². The van der Waals surface area contributed by atoms with Gasteiger partial charge in [0.1, 0.15) is 12.3 Å². The third-order valence-corrected chi connectivity index (χ3v) is 4.10. The number of hydrogen-bond donors (Lipinski definition) is 2. The van der Waals surface area contributed by atoms with E-state index >= 15 is 0 Å². The standard InChI is InChI=1S/C15H11ClN2O5/c16-8-1-3-9(4-2-8)17-6-11-10(12(17)7-19)5-13(20)15(21)14(11)18(22)23/h1-5,7,12,20-21H,6H2. The number of aromatic hydroxyl groups is 2. The lowest BCUT2D eigenvalue weighted by atomic mass is 10.0. The van der Waals surface area contributed by atoms with E-state index in [-0.39, 0.29) is 12.1 Å². The number of hydrogen-bond acceptors (Lipinski definition) is 6. The molecule has 0 saturated carbocycles. The molecule has 0 radical (unpaired) electrons. The van der Waals surface area contributed by atoms with Crippen LogP contribution in [0.15, 0.2) is 30.3 Å². The van der Waals surface area contributed by atoms with Gasteiger partial charge in [-0.1, -0.05) is 11.6 Å². The summed E-state index contributed by atoms with van der Waals surface area (Å²) in [5.41, 5.74) is 0.577. The molecule has 0 amide bonds. The quantitative estimate of drug-likeness (QED) is 0.387. The Bertz CT molecular complexity index is 807. The summed E-state index contributed by atoms with van der Waals surface area (Å²) >= 11 is 5.84. The van der Waals surface area contributed by atoms with Gasteiger partial charge in [-0.05, 0) is 35.9 Å². The van der Waals surface area contributed by atoms with Crippen molar-refractivity contribution in [1.82, 2.24) is 0 Å². The molecule has 1 aliphatic heterocycles. The number of benzene rings is 2. The molecule has 0 bridgehead atoms. The largest absolute Gasteiger partial charge is 0.504 e. The average Bonchev–Trinajstić information content (AvgIpc) is 2.86. The zero-order valence-electron chi connectivity index (χ0n) is 11.6. The minimum Gasteiger partial charge on any atom is -0.504 e. The Morgan fingerprint density at radius 1 is 1.30 bits per heavy atom. The van der Waals surface area contributed by atoms with Crippen LogP contribution in [0.3, 0.4) is 0 Å². The first-order valence-electron chi connectivity index (χ1n) is 6.63. The van der Waals surface area contributed by atoms with Crippen LogP contribution in [0.1, 0.15) is 17.2 Å². The van der Waals surface area contributed by atoms with Crippen LogP contribution in [0.4, 0.5) is 11.4 Å². The third-order valence-electron chi connectivity index (χ3n) is 3.85. The molecule has 118 valence electrons. The summed E-state index contributed by atoms with van der Waals surface area (Å²) in [6.45, 7) is 0.0600. The highest BCUT2D eigenvalue weighted by molar-refractivity contribution is 6.30. The second kappa shape index (κ2) is 5.44. The van der Waals surface area contributed by atoms with Crippen LogP contribution >= 0.6 is 11.6 Å². The van der Waals surface area contributed by atoms with Gasteiger partial charge in [-0.15, -0.1) is 0 Å². The van der Waals surface area contributed by atoms with E-state index in [4.69, 9.17) is 11.6 Å². The van der Waals surface area contributed by atoms with Crippen LogP contribution in [-0.2, 0) is 11.3 Å². The number of anilines is 1. The monoisotopic (exact) mass is 334 g/mol. The van der Waals surface area contributed by atoms with Crippen molar-refractivity contribution in [2.45, 2.75) is 12.6 Å². The predicted molar refractivity (Wildman–Crippen MR) is 82.9 cm³/mol. The number of rotatable bonds is 3. The summed E-state index contributed by atoms with van der Waals surface area (Å²) in [5, 5.41) is 31.2. The summed E-state index contributed by atoms with van der Waals surface area (Å²) in [7, 11) is 0. The molecule has 1 heterocycles. The van der Waals surface area contributed by atoms with E-state index in [9.17, 15) is 25.1 Å². The minimum absolute atomic E-state index is 0.0600. The SMILES string of the molecule is O=CC1c2cc(O)c(O)c([N+](=O)[O-])c2CN1c1ccc(Cl)cc1. The predicted octanol–water partition coefficient (Wildman–Crippen LogP) is 2.92. The topological polar surface area (TPSA) is 104 Å². The smallest absolute Gasteiger partial charge is 0.319 e. The number of carbonyl (C=O) groups excluding carboxylic acids is 1. The van der Waals surface area contributed by atoms with E-state index in [1.165, 1.54) is 6.07 Å². The van der Waals surface area contributed by atoms with Crippen molar-refractivity contribution >= 4 is 29.3 Å². The van der Waals surface area contributed by atoms with Gasteiger partial charge in [0.25, 0.3) is 0 Å². The first-order chi connectivity index (χ1) is 10.9. The highest BCUT2D eigenvalue weighted by atomic mass is 35.5. The lowest BCUT2D eigenvalue weighted by Crippen LogP contribution is -2.22. The van der Waals surface area contributed by atoms with Crippen LogP contribution in [0, 0.1) is 10.1 Å². The molecule has 3 rings (SSSR count).